The van der Waals surface area contributed by atoms with Crippen molar-refractivity contribution in [2.75, 3.05) is 20.1 Å². The van der Waals surface area contributed by atoms with Crippen LogP contribution >= 0.6 is 0 Å². The Balaban J connectivity index is 1.34. The Morgan fingerprint density at radius 3 is 2.47 bits per heavy atom. The first-order valence-electron chi connectivity index (χ1n) is 13.5. The zero-order valence-corrected chi connectivity index (χ0v) is 21.9. The largest absolute Gasteiger partial charge is 0.322 e. The number of carbonyl (C=O) groups excluding carboxylic acids is 3. The van der Waals surface area contributed by atoms with Gasteiger partial charge in [0.1, 0.15) is 11.7 Å². The molecule has 0 bridgehead atoms. The molecule has 1 atom stereocenters. The van der Waals surface area contributed by atoms with Crippen LogP contribution in [-0.4, -0.2) is 63.5 Å². The number of likely N-dealkylation sites (tertiary alicyclic amines) is 1. The molecule has 196 valence electrons. The topological polar surface area (TPSA) is 87.5 Å². The first-order chi connectivity index (χ1) is 18.4. The molecule has 3 amide bonds. The monoisotopic (exact) mass is 511 g/mol. The molecule has 1 unspecified atom stereocenters. The summed E-state index contributed by atoms with van der Waals surface area (Å²) in [5.41, 5.74) is 6.76. The first-order valence-corrected chi connectivity index (χ1v) is 13.5. The Hall–Kier alpha value is -3.78. The van der Waals surface area contributed by atoms with E-state index in [2.05, 4.69) is 41.0 Å². The molecule has 2 aromatic carbocycles. The fourth-order valence-electron chi connectivity index (χ4n) is 6.09. The average molecular weight is 512 g/mol. The lowest BCUT2D eigenvalue weighted by molar-refractivity contribution is -0.136. The lowest BCUT2D eigenvalue weighted by atomic mass is 9.96. The van der Waals surface area contributed by atoms with Crippen molar-refractivity contribution in [1.82, 2.24) is 24.9 Å². The van der Waals surface area contributed by atoms with E-state index in [9.17, 15) is 14.4 Å². The highest BCUT2D eigenvalue weighted by atomic mass is 16.2. The molecule has 2 fully saturated rings. The highest BCUT2D eigenvalue weighted by Gasteiger charge is 2.39. The fourth-order valence-corrected chi connectivity index (χ4v) is 6.09. The van der Waals surface area contributed by atoms with Crippen molar-refractivity contribution in [3.63, 3.8) is 0 Å². The third-order valence-corrected chi connectivity index (χ3v) is 8.34. The van der Waals surface area contributed by atoms with Crippen LogP contribution in [-0.2, 0) is 22.7 Å². The summed E-state index contributed by atoms with van der Waals surface area (Å²) >= 11 is 0. The van der Waals surface area contributed by atoms with E-state index in [0.29, 0.717) is 24.4 Å². The van der Waals surface area contributed by atoms with Gasteiger partial charge in [0.2, 0.25) is 11.8 Å². The van der Waals surface area contributed by atoms with Gasteiger partial charge >= 0.3 is 0 Å². The number of amides is 3. The Bertz CT molecular complexity index is 1400. The maximum atomic E-state index is 13.2. The standard InChI is InChI=1S/C30H33N5O3/c1-19-27(21-6-4-3-5-7-21)28(32-35(19)17-20-12-14-33(2)15-13-20)22-8-9-24-23(16-22)18-34(30(24)38)25-10-11-26(36)31-29(25)37/h3-9,16,20,25H,10-15,17-18H2,1-2H3,(H,31,36,37). The van der Waals surface area contributed by atoms with Crippen LogP contribution < -0.4 is 5.32 Å². The zero-order chi connectivity index (χ0) is 26.4. The summed E-state index contributed by atoms with van der Waals surface area (Å²) in [6, 6.07) is 15.6. The van der Waals surface area contributed by atoms with Crippen molar-refractivity contribution < 1.29 is 14.4 Å². The van der Waals surface area contributed by atoms with Crippen LogP contribution in [0.4, 0.5) is 0 Å². The van der Waals surface area contributed by atoms with E-state index < -0.39 is 11.9 Å². The predicted octanol–water partition coefficient (Wildman–Crippen LogP) is 3.63. The molecule has 0 radical (unpaired) electrons. The van der Waals surface area contributed by atoms with Crippen molar-refractivity contribution in [3.05, 3.63) is 65.4 Å². The fraction of sp³-hybridized carbons (Fsp3) is 0.400. The maximum Gasteiger partial charge on any atom is 0.255 e. The number of carbonyl (C=O) groups is 3. The van der Waals surface area contributed by atoms with Gasteiger partial charge in [-0.15, -0.1) is 0 Å². The molecule has 0 saturated carbocycles. The number of aromatic nitrogens is 2. The van der Waals surface area contributed by atoms with E-state index in [1.165, 1.54) is 12.8 Å². The average Bonchev–Trinajstić information content (AvgIpc) is 3.42. The Morgan fingerprint density at radius 2 is 1.74 bits per heavy atom. The van der Waals surface area contributed by atoms with Gasteiger partial charge in [0, 0.05) is 41.9 Å². The Morgan fingerprint density at radius 1 is 0.974 bits per heavy atom. The minimum Gasteiger partial charge on any atom is -0.322 e. The van der Waals surface area contributed by atoms with E-state index in [-0.39, 0.29) is 18.2 Å². The summed E-state index contributed by atoms with van der Waals surface area (Å²) in [5.74, 6) is -0.232. The van der Waals surface area contributed by atoms with Gasteiger partial charge in [-0.3, -0.25) is 24.4 Å². The van der Waals surface area contributed by atoms with E-state index in [0.717, 1.165) is 53.3 Å². The normalized spacial score (nSPS) is 20.6. The second kappa shape index (κ2) is 9.83. The zero-order valence-electron chi connectivity index (χ0n) is 21.9. The quantitative estimate of drug-likeness (QED) is 0.529. The van der Waals surface area contributed by atoms with Gasteiger partial charge in [0.15, 0.2) is 0 Å². The number of nitrogens with zero attached hydrogens (tertiary/aromatic N) is 4. The molecule has 1 aromatic heterocycles. The van der Waals surface area contributed by atoms with Crippen LogP contribution in [0.25, 0.3) is 22.4 Å². The van der Waals surface area contributed by atoms with Gasteiger partial charge in [-0.05, 0) is 75.5 Å². The summed E-state index contributed by atoms with van der Waals surface area (Å²) < 4.78 is 2.17. The van der Waals surface area contributed by atoms with Crippen LogP contribution in [0.2, 0.25) is 0 Å². The molecule has 6 rings (SSSR count). The molecule has 1 N–H and O–H groups in total. The number of piperidine rings is 2. The Kier molecular flexibility index (Phi) is 6.35. The molecule has 3 aliphatic heterocycles. The van der Waals surface area contributed by atoms with Gasteiger partial charge in [-0.25, -0.2) is 0 Å². The molecule has 2 saturated heterocycles. The molecular formula is C30H33N5O3. The molecule has 3 aromatic rings. The summed E-state index contributed by atoms with van der Waals surface area (Å²) in [7, 11) is 2.18. The van der Waals surface area contributed by atoms with Crippen molar-refractivity contribution >= 4 is 17.7 Å². The summed E-state index contributed by atoms with van der Waals surface area (Å²) in [4.78, 5) is 41.2. The van der Waals surface area contributed by atoms with Crippen LogP contribution in [0, 0.1) is 12.8 Å². The number of fused-ring (bicyclic) bond motifs is 1. The Labute approximate surface area is 222 Å². The highest BCUT2D eigenvalue weighted by Crippen LogP contribution is 2.37. The van der Waals surface area contributed by atoms with Crippen molar-refractivity contribution in [1.29, 1.82) is 0 Å². The van der Waals surface area contributed by atoms with Gasteiger partial charge in [0.05, 0.1) is 0 Å². The number of rotatable bonds is 5. The lowest BCUT2D eigenvalue weighted by Gasteiger charge is -2.29. The van der Waals surface area contributed by atoms with Crippen LogP contribution in [0.1, 0.15) is 47.3 Å². The third-order valence-electron chi connectivity index (χ3n) is 8.34. The van der Waals surface area contributed by atoms with Crippen LogP contribution in [0.5, 0.6) is 0 Å². The second-order valence-electron chi connectivity index (χ2n) is 10.9. The second-order valence-corrected chi connectivity index (χ2v) is 10.9. The van der Waals surface area contributed by atoms with E-state index >= 15 is 0 Å². The molecule has 4 heterocycles. The van der Waals surface area contributed by atoms with Crippen LogP contribution in [0.3, 0.4) is 0 Å². The smallest absolute Gasteiger partial charge is 0.255 e. The first kappa shape index (κ1) is 24.6. The third kappa shape index (κ3) is 4.43. The molecular weight excluding hydrogens is 478 g/mol. The minimum atomic E-state index is -0.619. The summed E-state index contributed by atoms with van der Waals surface area (Å²) in [6.45, 7) is 5.63. The van der Waals surface area contributed by atoms with E-state index in [4.69, 9.17) is 5.10 Å². The number of hydrogen-bond donors (Lipinski definition) is 1. The van der Waals surface area contributed by atoms with Gasteiger partial charge in [-0.2, -0.15) is 5.10 Å². The summed E-state index contributed by atoms with van der Waals surface area (Å²) in [5, 5.41) is 7.52. The van der Waals surface area contributed by atoms with Crippen LogP contribution in [0.15, 0.2) is 48.5 Å². The van der Waals surface area contributed by atoms with Gasteiger partial charge in [-0.1, -0.05) is 36.4 Å². The van der Waals surface area contributed by atoms with Crippen molar-refractivity contribution in [2.45, 2.75) is 51.7 Å². The molecule has 0 spiro atoms. The number of hydrogen-bond acceptors (Lipinski definition) is 5. The van der Waals surface area contributed by atoms with Crippen molar-refractivity contribution in [2.24, 2.45) is 5.92 Å². The molecule has 8 heteroatoms. The summed E-state index contributed by atoms with van der Waals surface area (Å²) in [6.07, 6.45) is 2.94. The molecule has 38 heavy (non-hydrogen) atoms. The van der Waals surface area contributed by atoms with E-state index in [1.54, 1.807) is 4.90 Å². The number of nitrogens with one attached hydrogen (secondary N) is 1. The number of imide groups is 1. The molecule has 0 aliphatic carbocycles. The molecule has 8 nitrogen and oxygen atoms in total. The van der Waals surface area contributed by atoms with Gasteiger partial charge in [0.25, 0.3) is 5.91 Å². The SMILES string of the molecule is Cc1c(-c2ccccc2)c(-c2ccc3c(c2)CN(C2CCC(=O)NC2=O)C3=O)nn1CC1CCN(C)CC1. The molecule has 3 aliphatic rings. The minimum absolute atomic E-state index is 0.159. The number of benzene rings is 2. The van der Waals surface area contributed by atoms with E-state index in [1.807, 2.05) is 36.4 Å². The van der Waals surface area contributed by atoms with Crippen molar-refractivity contribution in [3.8, 4) is 22.4 Å². The van der Waals surface area contributed by atoms with Gasteiger partial charge < -0.3 is 9.80 Å². The maximum absolute atomic E-state index is 13.2. The lowest BCUT2D eigenvalue weighted by Crippen LogP contribution is -2.52. The predicted molar refractivity (Wildman–Crippen MR) is 144 cm³/mol. The highest BCUT2D eigenvalue weighted by molar-refractivity contribution is 6.05.